The lowest BCUT2D eigenvalue weighted by atomic mass is 10.2. The quantitative estimate of drug-likeness (QED) is 0.716. The van der Waals surface area contributed by atoms with Crippen LogP contribution in [-0.4, -0.2) is 19.6 Å². The molecule has 0 aliphatic carbocycles. The smallest absolute Gasteiger partial charge is 0.219 e. The summed E-state index contributed by atoms with van der Waals surface area (Å²) in [5.41, 5.74) is 1.19. The monoisotopic (exact) mass is 221 g/mol. The normalized spacial score (nSPS) is 10.1. The Bertz CT molecular complexity index is 298. The van der Waals surface area contributed by atoms with Crippen molar-refractivity contribution in [3.05, 3.63) is 35.9 Å². The minimum absolute atomic E-state index is 0.100. The molecule has 1 N–H and O–H groups in total. The van der Waals surface area contributed by atoms with E-state index in [1.165, 1.54) is 5.56 Å². The molecule has 88 valence electrons. The summed E-state index contributed by atoms with van der Waals surface area (Å²) < 4.78 is 5.50. The van der Waals surface area contributed by atoms with Crippen molar-refractivity contribution in [2.24, 2.45) is 0 Å². The second-order valence-corrected chi connectivity index (χ2v) is 3.67. The highest BCUT2D eigenvalue weighted by molar-refractivity contribution is 5.75. The van der Waals surface area contributed by atoms with E-state index in [0.717, 1.165) is 12.8 Å². The molecule has 0 spiro atoms. The minimum Gasteiger partial charge on any atom is -0.377 e. The summed E-state index contributed by atoms with van der Waals surface area (Å²) in [6.45, 7) is 1.37. The Balaban J connectivity index is 1.98. The van der Waals surface area contributed by atoms with Gasteiger partial charge in [0.1, 0.15) is 0 Å². The number of nitrogens with one attached hydrogen (secondary N) is 1. The molecule has 1 aromatic rings. The molecule has 3 heteroatoms. The Morgan fingerprint density at radius 3 is 2.69 bits per heavy atom. The van der Waals surface area contributed by atoms with Crippen molar-refractivity contribution in [3.63, 3.8) is 0 Å². The number of amides is 1. The molecule has 0 radical (unpaired) electrons. The minimum atomic E-state index is 0.100. The Hall–Kier alpha value is -1.35. The Morgan fingerprint density at radius 1 is 1.25 bits per heavy atom. The van der Waals surface area contributed by atoms with Gasteiger partial charge < -0.3 is 10.1 Å². The average molecular weight is 221 g/mol. The predicted molar refractivity (Wildman–Crippen MR) is 64.0 cm³/mol. The van der Waals surface area contributed by atoms with E-state index in [9.17, 15) is 4.79 Å². The number of benzene rings is 1. The van der Waals surface area contributed by atoms with Crippen molar-refractivity contribution in [3.8, 4) is 0 Å². The molecular weight excluding hydrogens is 202 g/mol. The maximum Gasteiger partial charge on any atom is 0.219 e. The molecule has 0 unspecified atom stereocenters. The van der Waals surface area contributed by atoms with E-state index >= 15 is 0 Å². The Labute approximate surface area is 96.8 Å². The number of hydrogen-bond acceptors (Lipinski definition) is 2. The van der Waals surface area contributed by atoms with Crippen LogP contribution in [0.15, 0.2) is 30.3 Å². The molecule has 1 aromatic carbocycles. The average Bonchev–Trinajstić information content (AvgIpc) is 2.34. The first-order valence-corrected chi connectivity index (χ1v) is 5.65. The van der Waals surface area contributed by atoms with E-state index in [4.69, 9.17) is 4.74 Å². The van der Waals surface area contributed by atoms with Gasteiger partial charge in [-0.15, -0.1) is 0 Å². The van der Waals surface area contributed by atoms with Gasteiger partial charge in [-0.25, -0.2) is 0 Å². The van der Waals surface area contributed by atoms with Crippen LogP contribution in [0.1, 0.15) is 24.8 Å². The van der Waals surface area contributed by atoms with Crippen molar-refractivity contribution in [1.29, 1.82) is 0 Å². The van der Waals surface area contributed by atoms with Crippen LogP contribution in [0.5, 0.6) is 0 Å². The van der Waals surface area contributed by atoms with E-state index in [0.29, 0.717) is 19.6 Å². The van der Waals surface area contributed by atoms with E-state index in [1.54, 1.807) is 7.05 Å². The van der Waals surface area contributed by atoms with Gasteiger partial charge in [-0.1, -0.05) is 30.3 Å². The van der Waals surface area contributed by atoms with Crippen LogP contribution in [0.3, 0.4) is 0 Å². The highest BCUT2D eigenvalue weighted by Gasteiger charge is 1.97. The SMILES string of the molecule is CNC(=O)CCCCOCc1ccccc1. The molecule has 1 rings (SSSR count). The predicted octanol–water partition coefficient (Wildman–Crippen LogP) is 2.12. The number of unbranched alkanes of at least 4 members (excludes halogenated alkanes) is 1. The largest absolute Gasteiger partial charge is 0.377 e. The van der Waals surface area contributed by atoms with Gasteiger partial charge in [0.15, 0.2) is 0 Å². The fourth-order valence-electron chi connectivity index (χ4n) is 1.38. The van der Waals surface area contributed by atoms with E-state index < -0.39 is 0 Å². The first-order chi connectivity index (χ1) is 7.83. The van der Waals surface area contributed by atoms with Crippen LogP contribution in [0.25, 0.3) is 0 Å². The lowest BCUT2D eigenvalue weighted by Gasteiger charge is -2.04. The molecule has 3 nitrogen and oxygen atoms in total. The fourth-order valence-corrected chi connectivity index (χ4v) is 1.38. The van der Waals surface area contributed by atoms with Gasteiger partial charge in [-0.05, 0) is 18.4 Å². The lowest BCUT2D eigenvalue weighted by molar-refractivity contribution is -0.120. The first-order valence-electron chi connectivity index (χ1n) is 5.65. The Kier molecular flexibility index (Phi) is 6.26. The van der Waals surface area contributed by atoms with E-state index in [1.807, 2.05) is 30.3 Å². The van der Waals surface area contributed by atoms with E-state index in [-0.39, 0.29) is 5.91 Å². The van der Waals surface area contributed by atoms with Crippen molar-refractivity contribution >= 4 is 5.91 Å². The third-order valence-electron chi connectivity index (χ3n) is 2.33. The van der Waals surface area contributed by atoms with Crippen molar-refractivity contribution in [2.75, 3.05) is 13.7 Å². The summed E-state index contributed by atoms with van der Waals surface area (Å²) in [6.07, 6.45) is 2.40. The summed E-state index contributed by atoms with van der Waals surface area (Å²) in [4.78, 5) is 10.9. The third kappa shape index (κ3) is 5.51. The Morgan fingerprint density at radius 2 is 2.00 bits per heavy atom. The van der Waals surface area contributed by atoms with Gasteiger partial charge in [0.2, 0.25) is 5.91 Å². The van der Waals surface area contributed by atoms with E-state index in [2.05, 4.69) is 5.32 Å². The first kappa shape index (κ1) is 12.7. The number of rotatable bonds is 7. The van der Waals surface area contributed by atoms with Crippen LogP contribution in [0.2, 0.25) is 0 Å². The van der Waals surface area contributed by atoms with Crippen molar-refractivity contribution in [2.45, 2.75) is 25.9 Å². The second kappa shape index (κ2) is 7.88. The van der Waals surface area contributed by atoms with Gasteiger partial charge in [0.05, 0.1) is 6.61 Å². The number of hydrogen-bond donors (Lipinski definition) is 1. The molecule has 0 aliphatic heterocycles. The van der Waals surface area contributed by atoms with Crippen molar-refractivity contribution < 1.29 is 9.53 Å². The standard InChI is InChI=1S/C13H19NO2/c1-14-13(15)9-5-6-10-16-11-12-7-3-2-4-8-12/h2-4,7-8H,5-6,9-11H2,1H3,(H,14,15). The number of carbonyl (C=O) groups is 1. The topological polar surface area (TPSA) is 38.3 Å². The van der Waals surface area contributed by atoms with Gasteiger partial charge >= 0.3 is 0 Å². The molecule has 16 heavy (non-hydrogen) atoms. The fraction of sp³-hybridized carbons (Fsp3) is 0.462. The van der Waals surface area contributed by atoms with Gasteiger partial charge in [0.25, 0.3) is 0 Å². The molecule has 1 amide bonds. The molecule has 0 bridgehead atoms. The molecule has 0 aliphatic rings. The number of carbonyl (C=O) groups excluding carboxylic acids is 1. The summed E-state index contributed by atoms with van der Waals surface area (Å²) in [7, 11) is 1.66. The maximum absolute atomic E-state index is 10.9. The molecule has 0 fully saturated rings. The number of ether oxygens (including phenoxy) is 1. The van der Waals surface area contributed by atoms with Crippen LogP contribution in [0.4, 0.5) is 0 Å². The zero-order valence-corrected chi connectivity index (χ0v) is 9.74. The van der Waals surface area contributed by atoms with Gasteiger partial charge in [0, 0.05) is 20.1 Å². The third-order valence-corrected chi connectivity index (χ3v) is 2.33. The molecule has 0 heterocycles. The molecular formula is C13H19NO2. The second-order valence-electron chi connectivity index (χ2n) is 3.67. The molecule has 0 saturated heterocycles. The summed E-state index contributed by atoms with van der Waals surface area (Å²) >= 11 is 0. The van der Waals surface area contributed by atoms with Crippen LogP contribution >= 0.6 is 0 Å². The van der Waals surface area contributed by atoms with Crippen LogP contribution in [-0.2, 0) is 16.1 Å². The lowest BCUT2D eigenvalue weighted by Crippen LogP contribution is -2.17. The summed E-state index contributed by atoms with van der Waals surface area (Å²) in [5, 5.41) is 2.60. The van der Waals surface area contributed by atoms with Crippen LogP contribution in [0, 0.1) is 0 Å². The highest BCUT2D eigenvalue weighted by Crippen LogP contribution is 2.02. The van der Waals surface area contributed by atoms with Gasteiger partial charge in [-0.3, -0.25) is 4.79 Å². The zero-order chi connectivity index (χ0) is 11.6. The summed E-state index contributed by atoms with van der Waals surface area (Å²) in [6, 6.07) is 10.1. The van der Waals surface area contributed by atoms with Crippen LogP contribution < -0.4 is 5.32 Å². The summed E-state index contributed by atoms with van der Waals surface area (Å²) in [5.74, 6) is 0.100. The zero-order valence-electron chi connectivity index (χ0n) is 9.74. The van der Waals surface area contributed by atoms with Gasteiger partial charge in [-0.2, -0.15) is 0 Å². The molecule has 0 aromatic heterocycles. The molecule has 0 saturated carbocycles. The maximum atomic E-state index is 10.9. The molecule has 0 atom stereocenters. The highest BCUT2D eigenvalue weighted by atomic mass is 16.5. The van der Waals surface area contributed by atoms with Crippen molar-refractivity contribution in [1.82, 2.24) is 5.32 Å².